The van der Waals surface area contributed by atoms with E-state index in [1.807, 2.05) is 0 Å². The quantitative estimate of drug-likeness (QED) is 0.486. The minimum absolute atomic E-state index is 0.0109. The summed E-state index contributed by atoms with van der Waals surface area (Å²) in [5.41, 5.74) is 0. The van der Waals surface area contributed by atoms with Gasteiger partial charge < -0.3 is 4.74 Å². The fourth-order valence-electron chi connectivity index (χ4n) is 1.74. The lowest BCUT2D eigenvalue weighted by Gasteiger charge is -2.20. The number of cyclic esters (lactones) is 1. The topological polar surface area (TPSA) is 26.3 Å². The Morgan fingerprint density at radius 2 is 2.46 bits per heavy atom. The van der Waals surface area contributed by atoms with Crippen LogP contribution in [0.2, 0.25) is 0 Å². The van der Waals surface area contributed by atoms with Crippen LogP contribution in [-0.2, 0) is 9.53 Å². The molecule has 0 aliphatic carbocycles. The Bertz CT molecular complexity index is 171. The zero-order chi connectivity index (χ0) is 10.2. The van der Waals surface area contributed by atoms with E-state index in [-0.39, 0.29) is 11.9 Å². The maximum absolute atomic E-state index is 11.3. The molecule has 1 rings (SSSR count). The standard InChI is InChI=1S/C11H20O2/c1-2-3-4-5-7-10-8-6-9-13-11(10)12/h10H,2-9H2,1H3/i1D. The maximum Gasteiger partial charge on any atom is 0.308 e. The lowest BCUT2D eigenvalue weighted by molar-refractivity contribution is -0.153. The summed E-state index contributed by atoms with van der Waals surface area (Å²) in [6.45, 7) is 1.15. The molecule has 1 aliphatic heterocycles. The van der Waals surface area contributed by atoms with Crippen LogP contribution in [0.5, 0.6) is 0 Å². The second kappa shape index (κ2) is 6.01. The van der Waals surface area contributed by atoms with Gasteiger partial charge in [0, 0.05) is 1.37 Å². The number of carbonyl (C=O) groups excluding carboxylic acids is 1. The van der Waals surface area contributed by atoms with Crippen LogP contribution in [0.3, 0.4) is 0 Å². The summed E-state index contributed by atoms with van der Waals surface area (Å²) in [5, 5.41) is 0. The molecular weight excluding hydrogens is 164 g/mol. The molecular formula is C11H20O2. The second-order valence-corrected chi connectivity index (χ2v) is 3.71. The lowest BCUT2D eigenvalue weighted by atomic mass is 9.95. The summed E-state index contributed by atoms with van der Waals surface area (Å²) in [6, 6.07) is 0. The van der Waals surface area contributed by atoms with Crippen molar-refractivity contribution in [2.24, 2.45) is 5.92 Å². The van der Waals surface area contributed by atoms with E-state index in [9.17, 15) is 4.79 Å². The van der Waals surface area contributed by atoms with Crippen molar-refractivity contribution in [1.29, 1.82) is 0 Å². The molecule has 13 heavy (non-hydrogen) atoms. The van der Waals surface area contributed by atoms with E-state index in [0.717, 1.165) is 44.9 Å². The van der Waals surface area contributed by atoms with Gasteiger partial charge in [0.1, 0.15) is 0 Å². The molecule has 1 unspecified atom stereocenters. The Morgan fingerprint density at radius 1 is 1.54 bits per heavy atom. The minimum atomic E-state index is 0.0109. The van der Waals surface area contributed by atoms with Crippen LogP contribution in [0.15, 0.2) is 0 Å². The first kappa shape index (κ1) is 9.04. The third-order valence-corrected chi connectivity index (χ3v) is 2.58. The smallest absolute Gasteiger partial charge is 0.308 e. The van der Waals surface area contributed by atoms with Crippen molar-refractivity contribution >= 4 is 5.97 Å². The van der Waals surface area contributed by atoms with Crippen molar-refractivity contribution in [3.63, 3.8) is 0 Å². The summed E-state index contributed by atoms with van der Waals surface area (Å²) in [5.74, 6) is 0.177. The fraction of sp³-hybridized carbons (Fsp3) is 0.909. The van der Waals surface area contributed by atoms with Gasteiger partial charge in [-0.05, 0) is 19.3 Å². The molecule has 0 radical (unpaired) electrons. The highest BCUT2D eigenvalue weighted by molar-refractivity contribution is 5.72. The fourth-order valence-corrected chi connectivity index (χ4v) is 1.74. The first-order valence-electron chi connectivity index (χ1n) is 6.01. The molecule has 0 N–H and O–H groups in total. The first-order valence-corrected chi connectivity index (χ1v) is 5.30. The molecule has 0 saturated carbocycles. The van der Waals surface area contributed by atoms with E-state index in [0.29, 0.717) is 13.5 Å². The van der Waals surface area contributed by atoms with Crippen LogP contribution in [0.25, 0.3) is 0 Å². The zero-order valence-electron chi connectivity index (χ0n) is 9.26. The minimum Gasteiger partial charge on any atom is -0.465 e. The molecule has 0 aromatic carbocycles. The van der Waals surface area contributed by atoms with Crippen LogP contribution in [0.4, 0.5) is 0 Å². The number of rotatable bonds is 5. The SMILES string of the molecule is [2H]CCCCCCC1CCCOC1=O. The molecule has 1 saturated heterocycles. The summed E-state index contributed by atoms with van der Waals surface area (Å²) in [6.07, 6.45) is 7.42. The molecule has 1 heterocycles. The largest absolute Gasteiger partial charge is 0.465 e. The predicted octanol–water partition coefficient (Wildman–Crippen LogP) is 2.91. The molecule has 2 nitrogen and oxygen atoms in total. The van der Waals surface area contributed by atoms with Gasteiger partial charge in [0.05, 0.1) is 12.5 Å². The van der Waals surface area contributed by atoms with Gasteiger partial charge in [-0.25, -0.2) is 0 Å². The zero-order valence-corrected chi connectivity index (χ0v) is 8.26. The highest BCUT2D eigenvalue weighted by Crippen LogP contribution is 2.21. The number of hydrogen-bond donors (Lipinski definition) is 0. The van der Waals surface area contributed by atoms with E-state index >= 15 is 0 Å². The maximum atomic E-state index is 11.3. The van der Waals surface area contributed by atoms with E-state index in [2.05, 4.69) is 0 Å². The Kier molecular flexibility index (Phi) is 4.18. The Morgan fingerprint density at radius 3 is 3.23 bits per heavy atom. The third-order valence-electron chi connectivity index (χ3n) is 2.58. The van der Waals surface area contributed by atoms with Crippen LogP contribution >= 0.6 is 0 Å². The molecule has 0 aromatic rings. The average molecular weight is 185 g/mol. The molecule has 0 aromatic heterocycles. The molecule has 1 atom stereocenters. The van der Waals surface area contributed by atoms with E-state index in [1.165, 1.54) is 0 Å². The van der Waals surface area contributed by atoms with Gasteiger partial charge in [-0.15, -0.1) is 0 Å². The third kappa shape index (κ3) is 3.79. The van der Waals surface area contributed by atoms with Gasteiger partial charge in [0.15, 0.2) is 0 Å². The molecule has 0 bridgehead atoms. The summed E-state index contributed by atoms with van der Waals surface area (Å²) >= 11 is 0. The Hall–Kier alpha value is -0.530. The Labute approximate surface area is 82.1 Å². The van der Waals surface area contributed by atoms with E-state index in [4.69, 9.17) is 6.11 Å². The summed E-state index contributed by atoms with van der Waals surface area (Å²) in [7, 11) is 0. The van der Waals surface area contributed by atoms with Crippen LogP contribution in [-0.4, -0.2) is 12.6 Å². The molecule has 1 fully saturated rings. The summed E-state index contributed by atoms with van der Waals surface area (Å²) < 4.78 is 12.0. The monoisotopic (exact) mass is 185 g/mol. The second-order valence-electron chi connectivity index (χ2n) is 3.71. The number of carbonyl (C=O) groups is 1. The number of hydrogen-bond acceptors (Lipinski definition) is 2. The normalized spacial score (nSPS) is 23.8. The van der Waals surface area contributed by atoms with Gasteiger partial charge >= 0.3 is 5.97 Å². The summed E-state index contributed by atoms with van der Waals surface area (Å²) in [4.78, 5) is 11.3. The van der Waals surface area contributed by atoms with Gasteiger partial charge in [0.25, 0.3) is 0 Å². The van der Waals surface area contributed by atoms with Crippen molar-refractivity contribution in [3.8, 4) is 0 Å². The average Bonchev–Trinajstić information content (AvgIpc) is 2.20. The van der Waals surface area contributed by atoms with Crippen molar-refractivity contribution in [1.82, 2.24) is 0 Å². The van der Waals surface area contributed by atoms with Gasteiger partial charge in [-0.2, -0.15) is 0 Å². The number of esters is 1. The van der Waals surface area contributed by atoms with E-state index < -0.39 is 0 Å². The molecule has 76 valence electrons. The lowest BCUT2D eigenvalue weighted by Crippen LogP contribution is -2.23. The van der Waals surface area contributed by atoms with Gasteiger partial charge in [-0.3, -0.25) is 4.79 Å². The highest BCUT2D eigenvalue weighted by Gasteiger charge is 2.22. The molecule has 1 aliphatic rings. The highest BCUT2D eigenvalue weighted by atomic mass is 16.5. The van der Waals surface area contributed by atoms with Gasteiger partial charge in [-0.1, -0.05) is 32.6 Å². The van der Waals surface area contributed by atoms with E-state index in [1.54, 1.807) is 0 Å². The molecule has 0 spiro atoms. The van der Waals surface area contributed by atoms with Crippen molar-refractivity contribution in [2.75, 3.05) is 6.61 Å². The first-order chi connectivity index (χ1) is 6.84. The van der Waals surface area contributed by atoms with Crippen molar-refractivity contribution in [3.05, 3.63) is 0 Å². The van der Waals surface area contributed by atoms with Crippen LogP contribution < -0.4 is 0 Å². The van der Waals surface area contributed by atoms with Crippen molar-refractivity contribution in [2.45, 2.75) is 51.8 Å². The van der Waals surface area contributed by atoms with Crippen molar-refractivity contribution < 1.29 is 10.9 Å². The predicted molar refractivity (Wildman–Crippen MR) is 52.4 cm³/mol. The molecule has 2 heteroatoms. The number of ether oxygens (including phenoxy) is 1. The van der Waals surface area contributed by atoms with Crippen LogP contribution in [0, 0.1) is 5.92 Å². The van der Waals surface area contributed by atoms with Crippen LogP contribution in [0.1, 0.15) is 53.2 Å². The molecule has 0 amide bonds. The Balaban J connectivity index is 2.02. The number of unbranched alkanes of at least 4 members (excludes halogenated alkanes) is 3. The van der Waals surface area contributed by atoms with Gasteiger partial charge in [0.2, 0.25) is 0 Å².